The number of carbonyl (C=O) groups excluding carboxylic acids is 1. The summed E-state index contributed by atoms with van der Waals surface area (Å²) in [6.45, 7) is 3.31. The lowest BCUT2D eigenvalue weighted by Crippen LogP contribution is -2.48. The molecule has 0 aromatic carbocycles. The average molecular weight is 299 g/mol. The van der Waals surface area contributed by atoms with Crippen LogP contribution in [0.5, 0.6) is 0 Å². The summed E-state index contributed by atoms with van der Waals surface area (Å²) >= 11 is 0. The number of carboxylic acids is 1. The molecule has 6 nitrogen and oxygen atoms in total. The lowest BCUT2D eigenvalue weighted by molar-refractivity contribution is -0.253. The summed E-state index contributed by atoms with van der Waals surface area (Å²) in [7, 11) is 0. The van der Waals surface area contributed by atoms with E-state index in [1.807, 2.05) is 0 Å². The van der Waals surface area contributed by atoms with Crippen molar-refractivity contribution in [1.29, 1.82) is 0 Å². The highest BCUT2D eigenvalue weighted by atomic mass is 19.4. The van der Waals surface area contributed by atoms with Gasteiger partial charge >= 0.3 is 18.2 Å². The molecule has 1 heterocycles. The maximum Gasteiger partial charge on any atom is 0.419 e. The molecule has 1 amide bonds. The first-order valence-corrected chi connectivity index (χ1v) is 5.78. The molecule has 1 saturated heterocycles. The second-order valence-electron chi connectivity index (χ2n) is 5.70. The summed E-state index contributed by atoms with van der Waals surface area (Å²) in [6, 6.07) is -1.78. The van der Waals surface area contributed by atoms with Gasteiger partial charge < -0.3 is 14.9 Å². The Kier molecular flexibility index (Phi) is 3.97. The third kappa shape index (κ3) is 3.33. The number of hydrogen-bond donors (Lipinski definition) is 2. The van der Waals surface area contributed by atoms with Crippen molar-refractivity contribution in [3.05, 3.63) is 0 Å². The maximum atomic E-state index is 12.7. The molecule has 0 saturated carbocycles. The molecule has 0 aromatic heterocycles. The van der Waals surface area contributed by atoms with Crippen molar-refractivity contribution in [2.45, 2.75) is 50.6 Å². The third-order valence-corrected chi connectivity index (χ3v) is 2.78. The van der Waals surface area contributed by atoms with Crippen LogP contribution in [-0.4, -0.2) is 57.1 Å². The molecule has 0 aromatic rings. The van der Waals surface area contributed by atoms with E-state index < -0.39 is 48.4 Å². The fourth-order valence-electron chi connectivity index (χ4n) is 1.82. The zero-order valence-corrected chi connectivity index (χ0v) is 11.2. The molecule has 0 radical (unpaired) electrons. The monoisotopic (exact) mass is 299 g/mol. The highest BCUT2D eigenvalue weighted by Gasteiger charge is 2.62. The average Bonchev–Trinajstić information content (AvgIpc) is 2.54. The van der Waals surface area contributed by atoms with Crippen molar-refractivity contribution in [2.75, 3.05) is 6.54 Å². The second kappa shape index (κ2) is 4.80. The molecule has 9 heteroatoms. The van der Waals surface area contributed by atoms with E-state index in [2.05, 4.69) is 0 Å². The fraction of sp³-hybridized carbons (Fsp3) is 0.818. The number of ether oxygens (including phenoxy) is 1. The van der Waals surface area contributed by atoms with Gasteiger partial charge in [0.1, 0.15) is 11.6 Å². The standard InChI is InChI=1S/C11H16F3NO5/c1-9(2,3)20-8(18)15-5-10(19,11(12,13)14)4-6(15)7(16)17/h6,19H,4-5H2,1-3H3,(H,16,17)/t6-,10-/m0/s1. The Bertz CT molecular complexity index is 417. The van der Waals surface area contributed by atoms with Crippen LogP contribution in [0, 0.1) is 0 Å². The van der Waals surface area contributed by atoms with Crippen LogP contribution >= 0.6 is 0 Å². The minimum absolute atomic E-state index is 0.390. The molecule has 1 fully saturated rings. The number of likely N-dealkylation sites (tertiary alicyclic amines) is 1. The topological polar surface area (TPSA) is 87.1 Å². The molecule has 0 aliphatic carbocycles. The van der Waals surface area contributed by atoms with Crippen LogP contribution in [0.2, 0.25) is 0 Å². The molecule has 0 spiro atoms. The zero-order valence-electron chi connectivity index (χ0n) is 11.2. The SMILES string of the molecule is CC(C)(C)OC(=O)N1C[C@](O)(C(F)(F)F)C[C@H]1C(=O)O. The van der Waals surface area contributed by atoms with E-state index in [9.17, 15) is 27.9 Å². The molecule has 20 heavy (non-hydrogen) atoms. The predicted octanol–water partition coefficient (Wildman–Crippen LogP) is 1.37. The summed E-state index contributed by atoms with van der Waals surface area (Å²) < 4.78 is 43.1. The van der Waals surface area contributed by atoms with Crippen molar-refractivity contribution in [1.82, 2.24) is 4.90 Å². The fourth-order valence-corrected chi connectivity index (χ4v) is 1.82. The predicted molar refractivity (Wildman–Crippen MR) is 60.0 cm³/mol. The van der Waals surface area contributed by atoms with Crippen LogP contribution in [0.1, 0.15) is 27.2 Å². The molecule has 0 bridgehead atoms. The van der Waals surface area contributed by atoms with Crippen LogP contribution in [0.4, 0.5) is 18.0 Å². The van der Waals surface area contributed by atoms with Gasteiger partial charge in [-0.3, -0.25) is 4.90 Å². The molecule has 2 N–H and O–H groups in total. The quantitative estimate of drug-likeness (QED) is 0.763. The van der Waals surface area contributed by atoms with Gasteiger partial charge in [-0.15, -0.1) is 0 Å². The van der Waals surface area contributed by atoms with Crippen LogP contribution in [0.3, 0.4) is 0 Å². The van der Waals surface area contributed by atoms with Crippen molar-refractivity contribution in [3.8, 4) is 0 Å². The minimum Gasteiger partial charge on any atom is -0.480 e. The minimum atomic E-state index is -5.03. The van der Waals surface area contributed by atoms with E-state index in [4.69, 9.17) is 9.84 Å². The first kappa shape index (κ1) is 16.5. The Balaban J connectivity index is 3.00. The number of carbonyl (C=O) groups is 2. The molecule has 116 valence electrons. The summed E-state index contributed by atoms with van der Waals surface area (Å²) in [4.78, 5) is 23.1. The second-order valence-corrected chi connectivity index (χ2v) is 5.70. The van der Waals surface area contributed by atoms with Gasteiger partial charge in [-0.05, 0) is 20.8 Å². The van der Waals surface area contributed by atoms with E-state index in [0.29, 0.717) is 4.90 Å². The number of rotatable bonds is 1. The van der Waals surface area contributed by atoms with Crippen LogP contribution in [0.15, 0.2) is 0 Å². The number of nitrogens with zero attached hydrogens (tertiary/aromatic N) is 1. The van der Waals surface area contributed by atoms with Gasteiger partial charge in [-0.1, -0.05) is 0 Å². The van der Waals surface area contributed by atoms with Crippen molar-refractivity contribution in [2.24, 2.45) is 0 Å². The summed E-state index contributed by atoms with van der Waals surface area (Å²) in [5.74, 6) is -1.63. The van der Waals surface area contributed by atoms with Crippen molar-refractivity contribution in [3.63, 3.8) is 0 Å². The highest BCUT2D eigenvalue weighted by Crippen LogP contribution is 2.40. The van der Waals surface area contributed by atoms with Gasteiger partial charge in [-0.25, -0.2) is 9.59 Å². The Labute approximate surface area is 113 Å². The number of alkyl halides is 3. The van der Waals surface area contributed by atoms with Crippen LogP contribution in [-0.2, 0) is 9.53 Å². The van der Waals surface area contributed by atoms with Gasteiger partial charge in [0, 0.05) is 6.42 Å². The van der Waals surface area contributed by atoms with Crippen LogP contribution < -0.4 is 0 Å². The maximum absolute atomic E-state index is 12.7. The summed E-state index contributed by atoms with van der Waals surface area (Å²) in [5, 5.41) is 18.4. The molecule has 1 aliphatic rings. The number of aliphatic carboxylic acids is 1. The summed E-state index contributed by atoms with van der Waals surface area (Å²) in [5.41, 5.74) is -4.23. The Morgan fingerprint density at radius 3 is 2.15 bits per heavy atom. The van der Waals surface area contributed by atoms with Gasteiger partial charge in [0.25, 0.3) is 0 Å². The first-order valence-electron chi connectivity index (χ1n) is 5.78. The van der Waals surface area contributed by atoms with Gasteiger partial charge in [0.05, 0.1) is 6.54 Å². The number of hydrogen-bond acceptors (Lipinski definition) is 4. The number of carboxylic acid groups (broad SMARTS) is 1. The molecular weight excluding hydrogens is 283 g/mol. The lowest BCUT2D eigenvalue weighted by Gasteiger charge is -2.28. The van der Waals surface area contributed by atoms with Gasteiger partial charge in [0.15, 0.2) is 5.60 Å². The van der Waals surface area contributed by atoms with E-state index >= 15 is 0 Å². The molecule has 1 aliphatic heterocycles. The first-order chi connectivity index (χ1) is 8.77. The number of aliphatic hydroxyl groups is 1. The van der Waals surface area contributed by atoms with Gasteiger partial charge in [0.2, 0.25) is 0 Å². The smallest absolute Gasteiger partial charge is 0.419 e. The van der Waals surface area contributed by atoms with E-state index in [1.54, 1.807) is 0 Å². The largest absolute Gasteiger partial charge is 0.480 e. The zero-order chi connectivity index (χ0) is 15.9. The van der Waals surface area contributed by atoms with E-state index in [0.717, 1.165) is 0 Å². The van der Waals surface area contributed by atoms with Crippen LogP contribution in [0.25, 0.3) is 0 Å². The highest BCUT2D eigenvalue weighted by molar-refractivity contribution is 5.81. The Morgan fingerprint density at radius 2 is 1.80 bits per heavy atom. The molecule has 0 unspecified atom stereocenters. The molecular formula is C11H16F3NO5. The molecule has 2 atom stereocenters. The van der Waals surface area contributed by atoms with E-state index in [-0.39, 0.29) is 0 Å². The van der Waals surface area contributed by atoms with E-state index in [1.165, 1.54) is 20.8 Å². The lowest BCUT2D eigenvalue weighted by atomic mass is 10.00. The number of β-amino-alcohol motifs (C(OH)–C–C–N with tert-alkyl or cyclic N) is 1. The Morgan fingerprint density at radius 1 is 1.30 bits per heavy atom. The van der Waals surface area contributed by atoms with Crippen molar-refractivity contribution >= 4 is 12.1 Å². The van der Waals surface area contributed by atoms with Crippen molar-refractivity contribution < 1.29 is 37.7 Å². The summed E-state index contributed by atoms with van der Waals surface area (Å²) in [6.07, 6.45) is -7.35. The number of amides is 1. The Hall–Kier alpha value is -1.51. The normalized spacial score (nSPS) is 27.6. The third-order valence-electron chi connectivity index (χ3n) is 2.78. The molecule has 1 rings (SSSR count). The number of halogens is 3. The van der Waals surface area contributed by atoms with Gasteiger partial charge in [-0.2, -0.15) is 13.2 Å².